The highest BCUT2D eigenvalue weighted by Gasteiger charge is 2.27. The van der Waals surface area contributed by atoms with E-state index in [0.29, 0.717) is 12.1 Å². The van der Waals surface area contributed by atoms with E-state index in [2.05, 4.69) is 25.9 Å². The summed E-state index contributed by atoms with van der Waals surface area (Å²) in [6.07, 6.45) is 1.75. The number of amides is 1. The van der Waals surface area contributed by atoms with E-state index in [1.165, 1.54) is 12.1 Å². The summed E-state index contributed by atoms with van der Waals surface area (Å²) in [5.74, 6) is -0.780. The van der Waals surface area contributed by atoms with Crippen molar-refractivity contribution in [3.8, 4) is 22.4 Å². The molecule has 0 unspecified atom stereocenters. The first-order chi connectivity index (χ1) is 12.7. The van der Waals surface area contributed by atoms with Crippen LogP contribution in [0.4, 0.5) is 4.39 Å². The topological polar surface area (TPSA) is 60.9 Å². The van der Waals surface area contributed by atoms with Crippen molar-refractivity contribution in [2.24, 2.45) is 5.73 Å². The summed E-state index contributed by atoms with van der Waals surface area (Å²) in [4.78, 5) is 12.3. The quantitative estimate of drug-likeness (QED) is 0.724. The molecule has 1 amide bonds. The van der Waals surface area contributed by atoms with Crippen molar-refractivity contribution >= 4 is 5.91 Å². The summed E-state index contributed by atoms with van der Waals surface area (Å²) in [6, 6.07) is 12.0. The van der Waals surface area contributed by atoms with Crippen LogP contribution in [0.5, 0.6) is 0 Å². The van der Waals surface area contributed by atoms with E-state index in [-0.39, 0.29) is 11.2 Å². The van der Waals surface area contributed by atoms with Crippen molar-refractivity contribution in [3.05, 3.63) is 65.6 Å². The number of aryl methyl sites for hydroxylation is 1. The average molecular weight is 365 g/mol. The Morgan fingerprint density at radius 1 is 1.11 bits per heavy atom. The Bertz CT molecular complexity index is 982. The lowest BCUT2D eigenvalue weighted by Gasteiger charge is -2.27. The van der Waals surface area contributed by atoms with Gasteiger partial charge in [-0.25, -0.2) is 4.39 Å². The second-order valence-corrected chi connectivity index (χ2v) is 7.60. The Morgan fingerprint density at radius 2 is 1.78 bits per heavy atom. The smallest absolute Gasteiger partial charge is 0.249 e. The first-order valence-corrected chi connectivity index (χ1v) is 8.98. The fourth-order valence-corrected chi connectivity index (χ4v) is 3.47. The van der Waals surface area contributed by atoms with Crippen LogP contribution in [-0.4, -0.2) is 15.7 Å². The van der Waals surface area contributed by atoms with Crippen molar-refractivity contribution in [2.75, 3.05) is 0 Å². The van der Waals surface area contributed by atoms with Gasteiger partial charge in [0.15, 0.2) is 0 Å². The molecule has 0 fully saturated rings. The molecule has 0 spiro atoms. The molecule has 2 aromatic carbocycles. The number of nitrogens with two attached hydrogens (primary N) is 1. The Morgan fingerprint density at radius 3 is 2.33 bits per heavy atom. The third kappa shape index (κ3) is 3.63. The van der Waals surface area contributed by atoms with Crippen LogP contribution in [0.1, 0.15) is 43.6 Å². The maximum Gasteiger partial charge on any atom is 0.249 e. The van der Waals surface area contributed by atoms with E-state index in [1.807, 2.05) is 23.7 Å². The maximum absolute atomic E-state index is 13.3. The first kappa shape index (κ1) is 18.8. The number of halogens is 1. The monoisotopic (exact) mass is 365 g/mol. The van der Waals surface area contributed by atoms with Gasteiger partial charge in [-0.05, 0) is 59.4 Å². The fraction of sp³-hybridized carbons (Fsp3) is 0.273. The molecule has 3 rings (SSSR count). The van der Waals surface area contributed by atoms with Crippen LogP contribution in [0.2, 0.25) is 0 Å². The first-order valence-electron chi connectivity index (χ1n) is 8.98. The van der Waals surface area contributed by atoms with E-state index in [1.54, 1.807) is 24.4 Å². The molecule has 0 saturated carbocycles. The van der Waals surface area contributed by atoms with Gasteiger partial charge in [0.05, 0.1) is 5.69 Å². The largest absolute Gasteiger partial charge is 0.366 e. The highest BCUT2D eigenvalue weighted by Crippen LogP contribution is 2.39. The predicted molar refractivity (Wildman–Crippen MR) is 106 cm³/mol. The van der Waals surface area contributed by atoms with Gasteiger partial charge in [0, 0.05) is 23.9 Å². The molecule has 2 N–H and O–H groups in total. The minimum absolute atomic E-state index is 0.301. The molecule has 140 valence electrons. The highest BCUT2D eigenvalue weighted by atomic mass is 19.1. The number of rotatable bonds is 4. The molecule has 0 radical (unpaired) electrons. The Labute approximate surface area is 158 Å². The average Bonchev–Trinajstić information content (AvgIpc) is 3.09. The normalized spacial score (nSPS) is 11.6. The third-order valence-corrected chi connectivity index (χ3v) is 4.62. The van der Waals surface area contributed by atoms with Gasteiger partial charge in [-0.3, -0.25) is 9.48 Å². The highest BCUT2D eigenvalue weighted by molar-refractivity contribution is 5.98. The number of carbonyl (C=O) groups excluding carboxylic acids is 1. The number of primary amides is 1. The van der Waals surface area contributed by atoms with Gasteiger partial charge in [-0.1, -0.05) is 32.9 Å². The number of nitrogens with zero attached hydrogens (tertiary/aromatic N) is 2. The number of carbonyl (C=O) groups is 1. The summed E-state index contributed by atoms with van der Waals surface area (Å²) < 4.78 is 15.2. The predicted octanol–water partition coefficient (Wildman–Crippen LogP) is 4.77. The van der Waals surface area contributed by atoms with E-state index in [9.17, 15) is 9.18 Å². The second kappa shape index (κ2) is 6.99. The van der Waals surface area contributed by atoms with Gasteiger partial charge in [-0.2, -0.15) is 5.10 Å². The Kier molecular flexibility index (Phi) is 4.87. The molecule has 0 bridgehead atoms. The summed E-state index contributed by atoms with van der Waals surface area (Å²) in [5, 5.41) is 4.37. The number of hydrogen-bond acceptors (Lipinski definition) is 2. The molecule has 0 atom stereocenters. The molecule has 0 aliphatic rings. The summed E-state index contributed by atoms with van der Waals surface area (Å²) in [7, 11) is 0. The zero-order chi connectivity index (χ0) is 19.8. The van der Waals surface area contributed by atoms with Crippen molar-refractivity contribution in [3.63, 3.8) is 0 Å². The van der Waals surface area contributed by atoms with Gasteiger partial charge in [0.2, 0.25) is 5.91 Å². The lowest BCUT2D eigenvalue weighted by Crippen LogP contribution is -2.23. The standard InChI is InChI=1S/C22H24FN3O/c1-5-26-19(10-11-25-26)17-12-15(14-6-8-16(23)9-7-14)13-18(21(24)27)20(17)22(2,3)4/h6-13H,5H2,1-4H3,(H2,24,27). The van der Waals surface area contributed by atoms with E-state index >= 15 is 0 Å². The molecule has 4 nitrogen and oxygen atoms in total. The van der Waals surface area contributed by atoms with Crippen molar-refractivity contribution in [2.45, 2.75) is 39.7 Å². The van der Waals surface area contributed by atoms with E-state index in [4.69, 9.17) is 5.73 Å². The fourth-order valence-electron chi connectivity index (χ4n) is 3.47. The maximum atomic E-state index is 13.3. The molecule has 1 aromatic heterocycles. The molecule has 27 heavy (non-hydrogen) atoms. The zero-order valence-electron chi connectivity index (χ0n) is 16.1. The summed E-state index contributed by atoms with van der Waals surface area (Å²) >= 11 is 0. The minimum Gasteiger partial charge on any atom is -0.366 e. The van der Waals surface area contributed by atoms with E-state index < -0.39 is 5.91 Å². The second-order valence-electron chi connectivity index (χ2n) is 7.60. The van der Waals surface area contributed by atoms with Crippen molar-refractivity contribution < 1.29 is 9.18 Å². The number of aromatic nitrogens is 2. The summed E-state index contributed by atoms with van der Waals surface area (Å²) in [5.41, 5.74) is 10.3. The van der Waals surface area contributed by atoms with Crippen LogP contribution in [0.3, 0.4) is 0 Å². The van der Waals surface area contributed by atoms with Crippen molar-refractivity contribution in [1.82, 2.24) is 9.78 Å². The van der Waals surface area contributed by atoms with Crippen LogP contribution in [0.25, 0.3) is 22.4 Å². The van der Waals surface area contributed by atoms with E-state index in [0.717, 1.165) is 27.9 Å². The van der Waals surface area contributed by atoms with Gasteiger partial charge in [-0.15, -0.1) is 0 Å². The molecular formula is C22H24FN3O. The minimum atomic E-state index is -0.479. The molecular weight excluding hydrogens is 341 g/mol. The Hall–Kier alpha value is -2.95. The van der Waals surface area contributed by atoms with Gasteiger partial charge in [0.1, 0.15) is 5.82 Å². The zero-order valence-corrected chi connectivity index (χ0v) is 16.1. The number of hydrogen-bond donors (Lipinski definition) is 1. The Balaban J connectivity index is 2.37. The lowest BCUT2D eigenvalue weighted by molar-refractivity contribution is 0.0998. The van der Waals surface area contributed by atoms with Gasteiger partial charge in [0.25, 0.3) is 0 Å². The van der Waals surface area contributed by atoms with Gasteiger partial charge >= 0.3 is 0 Å². The number of benzene rings is 2. The molecule has 1 heterocycles. The van der Waals surface area contributed by atoms with Crippen LogP contribution in [0, 0.1) is 5.82 Å². The molecule has 0 saturated heterocycles. The molecule has 0 aliphatic heterocycles. The molecule has 3 aromatic rings. The third-order valence-electron chi connectivity index (χ3n) is 4.62. The van der Waals surface area contributed by atoms with Gasteiger partial charge < -0.3 is 5.73 Å². The van der Waals surface area contributed by atoms with Crippen LogP contribution in [0.15, 0.2) is 48.7 Å². The van der Waals surface area contributed by atoms with Crippen molar-refractivity contribution in [1.29, 1.82) is 0 Å². The summed E-state index contributed by atoms with van der Waals surface area (Å²) in [6.45, 7) is 8.90. The lowest BCUT2D eigenvalue weighted by atomic mass is 9.78. The van der Waals surface area contributed by atoms with Crippen LogP contribution >= 0.6 is 0 Å². The van der Waals surface area contributed by atoms with Crippen LogP contribution in [-0.2, 0) is 12.0 Å². The molecule has 0 aliphatic carbocycles. The SMILES string of the molecule is CCn1nccc1-c1cc(-c2ccc(F)cc2)cc(C(N)=O)c1C(C)(C)C. The van der Waals surface area contributed by atoms with Crippen LogP contribution < -0.4 is 5.73 Å². The molecule has 5 heteroatoms.